The zero-order valence-electron chi connectivity index (χ0n) is 15.8. The fourth-order valence-electron chi connectivity index (χ4n) is 2.55. The van der Waals surface area contributed by atoms with Gasteiger partial charge in [0, 0.05) is 0 Å². The van der Waals surface area contributed by atoms with E-state index in [0.717, 1.165) is 41.9 Å². The van der Waals surface area contributed by atoms with E-state index in [1.54, 1.807) is 0 Å². The molecule has 0 aliphatic heterocycles. The molecule has 2 aromatic carbocycles. The molecule has 158 valence electrons. The van der Waals surface area contributed by atoms with Crippen LogP contribution in [0.4, 0.5) is 18.9 Å². The Hall–Kier alpha value is -2.52. The third-order valence-electron chi connectivity index (χ3n) is 4.13. The van der Waals surface area contributed by atoms with Gasteiger partial charge in [0.1, 0.15) is 0 Å². The maximum Gasteiger partial charge on any atom is 0.416 e. The zero-order valence-corrected chi connectivity index (χ0v) is 17.4. The van der Waals surface area contributed by atoms with E-state index in [0.29, 0.717) is 12.3 Å². The van der Waals surface area contributed by atoms with Gasteiger partial charge in [0.05, 0.1) is 28.4 Å². The average molecular weight is 456 g/mol. The minimum absolute atomic E-state index is 0.00974. The van der Waals surface area contributed by atoms with Crippen LogP contribution >= 0.6 is 23.4 Å². The molecule has 0 bridgehead atoms. The molecule has 5 nitrogen and oxygen atoms in total. The first kappa shape index (κ1) is 22.2. The van der Waals surface area contributed by atoms with Crippen molar-refractivity contribution in [3.05, 3.63) is 70.1 Å². The molecular weight excluding hydrogens is 439 g/mol. The van der Waals surface area contributed by atoms with Gasteiger partial charge in [-0.3, -0.25) is 4.79 Å². The van der Waals surface area contributed by atoms with Gasteiger partial charge in [0.25, 0.3) is 5.22 Å². The number of benzene rings is 2. The summed E-state index contributed by atoms with van der Waals surface area (Å²) in [5.41, 5.74) is 1.24. The summed E-state index contributed by atoms with van der Waals surface area (Å²) >= 11 is 6.86. The Bertz CT molecular complexity index is 1020. The molecule has 1 N–H and O–H groups in total. The number of hydrogen-bond donors (Lipinski definition) is 1. The van der Waals surface area contributed by atoms with Crippen LogP contribution in [0.2, 0.25) is 5.02 Å². The maximum atomic E-state index is 12.8. The van der Waals surface area contributed by atoms with Crippen LogP contribution in [0.3, 0.4) is 0 Å². The minimum Gasteiger partial charge on any atom is -0.416 e. The van der Waals surface area contributed by atoms with Crippen LogP contribution in [0.1, 0.15) is 29.5 Å². The van der Waals surface area contributed by atoms with Gasteiger partial charge in [0.2, 0.25) is 11.8 Å². The SMILES string of the molecule is CCc1ccc(Cc2nnc(SCC(=O)Nc3cc(C(F)(F)F)ccc3Cl)o2)cc1. The maximum absolute atomic E-state index is 12.8. The first-order valence-electron chi connectivity index (χ1n) is 8.94. The Morgan fingerprint density at radius 1 is 1.13 bits per heavy atom. The first-order valence-corrected chi connectivity index (χ1v) is 10.3. The molecule has 1 heterocycles. The van der Waals surface area contributed by atoms with E-state index in [4.69, 9.17) is 16.0 Å². The van der Waals surface area contributed by atoms with E-state index in [1.165, 1.54) is 5.56 Å². The molecule has 30 heavy (non-hydrogen) atoms. The van der Waals surface area contributed by atoms with Crippen LogP contribution in [0.5, 0.6) is 0 Å². The predicted octanol–water partition coefficient (Wildman–Crippen LogP) is 5.63. The van der Waals surface area contributed by atoms with Gasteiger partial charge in [-0.2, -0.15) is 13.2 Å². The zero-order chi connectivity index (χ0) is 21.7. The summed E-state index contributed by atoms with van der Waals surface area (Å²) < 4.78 is 44.0. The monoisotopic (exact) mass is 455 g/mol. The van der Waals surface area contributed by atoms with Crippen molar-refractivity contribution < 1.29 is 22.4 Å². The van der Waals surface area contributed by atoms with Gasteiger partial charge >= 0.3 is 6.18 Å². The summed E-state index contributed by atoms with van der Waals surface area (Å²) in [6.07, 6.45) is -3.12. The number of aromatic nitrogens is 2. The Balaban J connectivity index is 1.55. The Labute approximate surface area is 180 Å². The Kier molecular flexibility index (Phi) is 7.04. The lowest BCUT2D eigenvalue weighted by Crippen LogP contribution is -2.15. The number of aryl methyl sites for hydroxylation is 1. The predicted molar refractivity (Wildman–Crippen MR) is 109 cm³/mol. The largest absolute Gasteiger partial charge is 0.416 e. The highest BCUT2D eigenvalue weighted by Crippen LogP contribution is 2.34. The highest BCUT2D eigenvalue weighted by atomic mass is 35.5. The molecule has 0 aliphatic carbocycles. The molecule has 0 atom stereocenters. The Morgan fingerprint density at radius 3 is 2.50 bits per heavy atom. The third kappa shape index (κ3) is 5.99. The van der Waals surface area contributed by atoms with Gasteiger partial charge in [-0.05, 0) is 35.7 Å². The normalized spacial score (nSPS) is 11.5. The lowest BCUT2D eigenvalue weighted by atomic mass is 10.1. The number of carbonyl (C=O) groups is 1. The molecule has 10 heteroatoms. The second-order valence-electron chi connectivity index (χ2n) is 6.34. The van der Waals surface area contributed by atoms with Gasteiger partial charge in [-0.25, -0.2) is 0 Å². The molecule has 0 unspecified atom stereocenters. The molecule has 0 fully saturated rings. The summed E-state index contributed by atoms with van der Waals surface area (Å²) in [7, 11) is 0. The average Bonchev–Trinajstić information content (AvgIpc) is 3.15. The van der Waals surface area contributed by atoms with Crippen molar-refractivity contribution >= 4 is 35.0 Å². The standard InChI is InChI=1S/C20H17ClF3N3O2S/c1-2-12-3-5-13(6-4-12)9-18-26-27-19(29-18)30-11-17(28)25-16-10-14(20(22,23)24)7-8-15(16)21/h3-8,10H,2,9,11H2,1H3,(H,25,28). The summed E-state index contributed by atoms with van der Waals surface area (Å²) in [6, 6.07) is 10.8. The van der Waals surface area contributed by atoms with Crippen LogP contribution in [0.15, 0.2) is 52.1 Å². The quantitative estimate of drug-likeness (QED) is 0.468. The van der Waals surface area contributed by atoms with Crippen LogP contribution < -0.4 is 5.32 Å². The first-order chi connectivity index (χ1) is 14.2. The van der Waals surface area contributed by atoms with Crippen molar-refractivity contribution in [1.29, 1.82) is 0 Å². The van der Waals surface area contributed by atoms with E-state index in [-0.39, 0.29) is 21.7 Å². The van der Waals surface area contributed by atoms with Crippen LogP contribution in [0.25, 0.3) is 0 Å². The molecule has 0 spiro atoms. The molecule has 1 amide bonds. The smallest absolute Gasteiger partial charge is 0.416 e. The number of carbonyl (C=O) groups excluding carboxylic acids is 1. The van der Waals surface area contributed by atoms with E-state index < -0.39 is 17.6 Å². The van der Waals surface area contributed by atoms with Crippen LogP contribution in [-0.4, -0.2) is 21.9 Å². The fourth-order valence-corrected chi connectivity index (χ4v) is 3.29. The van der Waals surface area contributed by atoms with E-state index in [2.05, 4.69) is 22.4 Å². The van der Waals surface area contributed by atoms with Crippen molar-refractivity contribution in [2.45, 2.75) is 31.2 Å². The van der Waals surface area contributed by atoms with Crippen molar-refractivity contribution in [2.75, 3.05) is 11.1 Å². The molecule has 3 aromatic rings. The molecule has 0 aliphatic rings. The van der Waals surface area contributed by atoms with Gasteiger partial charge in [-0.15, -0.1) is 10.2 Å². The van der Waals surface area contributed by atoms with Crippen LogP contribution in [0, 0.1) is 0 Å². The van der Waals surface area contributed by atoms with E-state index in [9.17, 15) is 18.0 Å². The van der Waals surface area contributed by atoms with Gasteiger partial charge in [-0.1, -0.05) is 54.6 Å². The number of alkyl halides is 3. The Morgan fingerprint density at radius 2 is 1.83 bits per heavy atom. The number of halogens is 4. The molecule has 0 saturated heterocycles. The highest BCUT2D eigenvalue weighted by Gasteiger charge is 2.31. The minimum atomic E-state index is -4.53. The van der Waals surface area contributed by atoms with Crippen molar-refractivity contribution in [3.63, 3.8) is 0 Å². The highest BCUT2D eigenvalue weighted by molar-refractivity contribution is 7.99. The third-order valence-corrected chi connectivity index (χ3v) is 5.28. The van der Waals surface area contributed by atoms with E-state index >= 15 is 0 Å². The van der Waals surface area contributed by atoms with Gasteiger partial charge in [0.15, 0.2) is 0 Å². The number of amides is 1. The summed E-state index contributed by atoms with van der Waals surface area (Å²) in [5, 5.41) is 10.4. The number of nitrogens with one attached hydrogen (secondary N) is 1. The molecule has 3 rings (SSSR count). The molecular formula is C20H17ClF3N3O2S. The molecule has 1 aromatic heterocycles. The summed E-state index contributed by atoms with van der Waals surface area (Å²) in [6.45, 7) is 2.08. The molecule has 0 radical (unpaired) electrons. The second-order valence-corrected chi connectivity index (χ2v) is 7.67. The van der Waals surface area contributed by atoms with E-state index in [1.807, 2.05) is 24.3 Å². The summed E-state index contributed by atoms with van der Waals surface area (Å²) in [4.78, 5) is 12.1. The number of hydrogen-bond acceptors (Lipinski definition) is 5. The second kappa shape index (κ2) is 9.53. The number of anilines is 1. The lowest BCUT2D eigenvalue weighted by Gasteiger charge is -2.11. The number of nitrogens with zero attached hydrogens (tertiary/aromatic N) is 2. The van der Waals surface area contributed by atoms with Crippen molar-refractivity contribution in [1.82, 2.24) is 10.2 Å². The number of rotatable bonds is 7. The van der Waals surface area contributed by atoms with Crippen molar-refractivity contribution in [3.8, 4) is 0 Å². The fraction of sp³-hybridized carbons (Fsp3) is 0.250. The van der Waals surface area contributed by atoms with Gasteiger partial charge < -0.3 is 9.73 Å². The number of thioether (sulfide) groups is 1. The van der Waals surface area contributed by atoms with Crippen LogP contribution in [-0.2, 0) is 23.8 Å². The topological polar surface area (TPSA) is 68.0 Å². The lowest BCUT2D eigenvalue weighted by molar-refractivity contribution is -0.137. The summed E-state index contributed by atoms with van der Waals surface area (Å²) in [5.74, 6) is -0.265. The molecule has 0 saturated carbocycles. The van der Waals surface area contributed by atoms with Crippen molar-refractivity contribution in [2.24, 2.45) is 0 Å².